The first kappa shape index (κ1) is 7.63. The van der Waals surface area contributed by atoms with Crippen molar-refractivity contribution >= 4 is 0 Å². The van der Waals surface area contributed by atoms with Gasteiger partial charge in [-0.1, -0.05) is 18.2 Å². The quantitative estimate of drug-likeness (QED) is 0.642. The first-order valence-electron chi connectivity index (χ1n) is 4.03. The van der Waals surface area contributed by atoms with E-state index in [-0.39, 0.29) is 0 Å². The Balaban J connectivity index is 2.43. The molecule has 0 atom stereocenters. The Labute approximate surface area is 76.7 Å². The van der Waals surface area contributed by atoms with Gasteiger partial charge >= 0.3 is 0 Å². The Bertz CT molecular complexity index is 435. The van der Waals surface area contributed by atoms with Crippen LogP contribution in [0.3, 0.4) is 0 Å². The number of nitriles is 1. The molecule has 0 amide bonds. The van der Waals surface area contributed by atoms with Crippen LogP contribution in [0.2, 0.25) is 0 Å². The summed E-state index contributed by atoms with van der Waals surface area (Å²) in [6, 6.07) is 13.8. The van der Waals surface area contributed by atoms with E-state index in [1.165, 1.54) is 0 Å². The molecule has 0 unspecified atom stereocenters. The van der Waals surface area contributed by atoms with Crippen LogP contribution in [0.4, 0.5) is 0 Å². The predicted octanol–water partition coefficient (Wildman–Crippen LogP) is 2.35. The maximum Gasteiger partial charge on any atom is 0.101 e. The third kappa shape index (κ3) is 1.45. The van der Waals surface area contributed by atoms with Gasteiger partial charge in [0, 0.05) is 18.1 Å². The fourth-order valence-corrected chi connectivity index (χ4v) is 1.22. The highest BCUT2D eigenvalue weighted by molar-refractivity contribution is 5.36. The van der Waals surface area contributed by atoms with Gasteiger partial charge < -0.3 is 4.57 Å². The second-order valence-electron chi connectivity index (χ2n) is 2.75. The van der Waals surface area contributed by atoms with Gasteiger partial charge in [0.15, 0.2) is 0 Å². The van der Waals surface area contributed by atoms with Crippen LogP contribution in [0.5, 0.6) is 0 Å². The number of aromatic nitrogens is 1. The molecule has 0 aliphatic carbocycles. The highest BCUT2D eigenvalue weighted by Crippen LogP contribution is 2.08. The molecule has 0 N–H and O–H groups in total. The third-order valence-electron chi connectivity index (χ3n) is 1.88. The zero-order chi connectivity index (χ0) is 9.10. The lowest BCUT2D eigenvalue weighted by molar-refractivity contribution is 1.08. The fraction of sp³-hybridized carbons (Fsp3) is 0. The minimum atomic E-state index is 0.684. The Morgan fingerprint density at radius 1 is 1.08 bits per heavy atom. The first-order chi connectivity index (χ1) is 6.40. The lowest BCUT2D eigenvalue weighted by Gasteiger charge is -1.99. The molecule has 0 saturated carbocycles. The summed E-state index contributed by atoms with van der Waals surface area (Å²) in [6.45, 7) is 0. The minimum Gasteiger partial charge on any atom is -0.323 e. The molecule has 0 aliphatic rings. The van der Waals surface area contributed by atoms with Crippen molar-refractivity contribution in [3.8, 4) is 11.8 Å². The summed E-state index contributed by atoms with van der Waals surface area (Å²) < 4.78 is 1.93. The summed E-state index contributed by atoms with van der Waals surface area (Å²) in [6.07, 6.45) is 3.70. The smallest absolute Gasteiger partial charge is 0.101 e. The van der Waals surface area contributed by atoms with Crippen molar-refractivity contribution in [1.29, 1.82) is 5.26 Å². The summed E-state index contributed by atoms with van der Waals surface area (Å²) in [4.78, 5) is 0. The summed E-state index contributed by atoms with van der Waals surface area (Å²) in [5, 5.41) is 8.63. The molecule has 0 bridgehead atoms. The van der Waals surface area contributed by atoms with Crippen molar-refractivity contribution in [3.63, 3.8) is 0 Å². The van der Waals surface area contributed by atoms with Crippen LogP contribution in [0.1, 0.15) is 5.56 Å². The van der Waals surface area contributed by atoms with Crippen molar-refractivity contribution in [2.75, 3.05) is 0 Å². The Morgan fingerprint density at radius 2 is 1.85 bits per heavy atom. The van der Waals surface area contributed by atoms with Gasteiger partial charge in [-0.3, -0.25) is 0 Å². The van der Waals surface area contributed by atoms with E-state index >= 15 is 0 Å². The SMILES string of the molecule is N#Cc1ccn(-c2ccccc2)c1. The Kier molecular flexibility index (Phi) is 1.85. The van der Waals surface area contributed by atoms with E-state index in [4.69, 9.17) is 5.26 Å². The molecule has 62 valence electrons. The molecule has 1 aromatic heterocycles. The lowest BCUT2D eigenvalue weighted by Crippen LogP contribution is -1.87. The van der Waals surface area contributed by atoms with Crippen LogP contribution in [0, 0.1) is 11.3 Å². The van der Waals surface area contributed by atoms with E-state index in [0.717, 1.165) is 5.69 Å². The van der Waals surface area contributed by atoms with Gasteiger partial charge in [0.2, 0.25) is 0 Å². The van der Waals surface area contributed by atoms with E-state index < -0.39 is 0 Å². The van der Waals surface area contributed by atoms with Crippen LogP contribution in [0.15, 0.2) is 48.8 Å². The molecule has 0 radical (unpaired) electrons. The molecular formula is C11H8N2. The van der Waals surface area contributed by atoms with Gasteiger partial charge in [-0.15, -0.1) is 0 Å². The Hall–Kier alpha value is -2.01. The second-order valence-corrected chi connectivity index (χ2v) is 2.75. The Morgan fingerprint density at radius 3 is 2.46 bits per heavy atom. The number of hydrogen-bond donors (Lipinski definition) is 0. The zero-order valence-corrected chi connectivity index (χ0v) is 7.01. The normalized spacial score (nSPS) is 9.46. The molecule has 2 aromatic rings. The van der Waals surface area contributed by atoms with Crippen molar-refractivity contribution in [3.05, 3.63) is 54.4 Å². The maximum atomic E-state index is 8.63. The van der Waals surface area contributed by atoms with Gasteiger partial charge in [-0.05, 0) is 18.2 Å². The summed E-state index contributed by atoms with van der Waals surface area (Å²) >= 11 is 0. The first-order valence-corrected chi connectivity index (χ1v) is 4.03. The summed E-state index contributed by atoms with van der Waals surface area (Å²) in [5.41, 5.74) is 1.76. The average Bonchev–Trinajstić information content (AvgIpc) is 2.67. The molecule has 2 rings (SSSR count). The van der Waals surface area contributed by atoms with Crippen LogP contribution in [-0.4, -0.2) is 4.57 Å². The van der Waals surface area contributed by atoms with E-state index in [9.17, 15) is 0 Å². The molecule has 1 aromatic carbocycles. The minimum absolute atomic E-state index is 0.684. The highest BCUT2D eigenvalue weighted by atomic mass is 14.9. The van der Waals surface area contributed by atoms with Gasteiger partial charge in [0.05, 0.1) is 5.56 Å². The molecule has 0 saturated heterocycles. The van der Waals surface area contributed by atoms with Crippen LogP contribution >= 0.6 is 0 Å². The van der Waals surface area contributed by atoms with Gasteiger partial charge in [-0.2, -0.15) is 5.26 Å². The molecule has 1 heterocycles. The highest BCUT2D eigenvalue weighted by Gasteiger charge is 1.95. The summed E-state index contributed by atoms with van der Waals surface area (Å²) in [5.74, 6) is 0. The third-order valence-corrected chi connectivity index (χ3v) is 1.88. The molecule has 0 aliphatic heterocycles. The van der Waals surface area contributed by atoms with E-state index in [1.807, 2.05) is 47.3 Å². The number of para-hydroxylation sites is 1. The second kappa shape index (κ2) is 3.16. The number of benzene rings is 1. The van der Waals surface area contributed by atoms with Gasteiger partial charge in [0.1, 0.15) is 6.07 Å². The van der Waals surface area contributed by atoms with Crippen molar-refractivity contribution < 1.29 is 0 Å². The average molecular weight is 168 g/mol. The van der Waals surface area contributed by atoms with Crippen molar-refractivity contribution in [2.24, 2.45) is 0 Å². The van der Waals surface area contributed by atoms with E-state index in [1.54, 1.807) is 6.07 Å². The van der Waals surface area contributed by atoms with Gasteiger partial charge in [0.25, 0.3) is 0 Å². The molecule has 0 spiro atoms. The van der Waals surface area contributed by atoms with E-state index in [2.05, 4.69) is 6.07 Å². The fourth-order valence-electron chi connectivity index (χ4n) is 1.22. The zero-order valence-electron chi connectivity index (χ0n) is 7.01. The van der Waals surface area contributed by atoms with E-state index in [0.29, 0.717) is 5.56 Å². The van der Waals surface area contributed by atoms with Crippen molar-refractivity contribution in [2.45, 2.75) is 0 Å². The number of hydrogen-bond acceptors (Lipinski definition) is 1. The largest absolute Gasteiger partial charge is 0.323 e. The molecule has 0 fully saturated rings. The lowest BCUT2D eigenvalue weighted by atomic mass is 10.3. The van der Waals surface area contributed by atoms with Crippen LogP contribution in [0.25, 0.3) is 5.69 Å². The molecule has 2 nitrogen and oxygen atoms in total. The maximum absolute atomic E-state index is 8.63. The molecular weight excluding hydrogens is 160 g/mol. The topological polar surface area (TPSA) is 28.7 Å². The predicted molar refractivity (Wildman–Crippen MR) is 50.5 cm³/mol. The number of nitrogens with zero attached hydrogens (tertiary/aromatic N) is 2. The molecule has 2 heteroatoms. The van der Waals surface area contributed by atoms with Crippen molar-refractivity contribution in [1.82, 2.24) is 4.57 Å². The summed E-state index contributed by atoms with van der Waals surface area (Å²) in [7, 11) is 0. The van der Waals surface area contributed by atoms with Gasteiger partial charge in [-0.25, -0.2) is 0 Å². The van der Waals surface area contributed by atoms with Crippen LogP contribution < -0.4 is 0 Å². The monoisotopic (exact) mass is 168 g/mol. The molecule has 13 heavy (non-hydrogen) atoms. The number of rotatable bonds is 1. The standard InChI is InChI=1S/C11H8N2/c12-8-10-6-7-13(9-10)11-4-2-1-3-5-11/h1-7,9H. The van der Waals surface area contributed by atoms with Crippen LogP contribution in [-0.2, 0) is 0 Å².